The molecule has 0 radical (unpaired) electrons. The Morgan fingerprint density at radius 1 is 1.26 bits per heavy atom. The van der Waals surface area contributed by atoms with E-state index in [9.17, 15) is 4.79 Å². The zero-order valence-electron chi connectivity index (χ0n) is 16.8. The van der Waals surface area contributed by atoms with Crippen LogP contribution >= 0.6 is 0 Å². The molecule has 5 heteroatoms. The Morgan fingerprint density at radius 3 is 2.78 bits per heavy atom. The van der Waals surface area contributed by atoms with Crippen molar-refractivity contribution in [2.24, 2.45) is 11.8 Å². The molecule has 0 unspecified atom stereocenters. The van der Waals surface area contributed by atoms with Crippen LogP contribution in [0.3, 0.4) is 0 Å². The van der Waals surface area contributed by atoms with Crippen LogP contribution in [0.25, 0.3) is 0 Å². The predicted octanol–water partition coefficient (Wildman–Crippen LogP) is 3.39. The third kappa shape index (κ3) is 5.04. The summed E-state index contributed by atoms with van der Waals surface area (Å²) in [7, 11) is 2.18. The van der Waals surface area contributed by atoms with Crippen molar-refractivity contribution >= 4 is 5.91 Å². The second kappa shape index (κ2) is 8.79. The highest BCUT2D eigenvalue weighted by atomic mass is 16.5. The van der Waals surface area contributed by atoms with Gasteiger partial charge in [0.05, 0.1) is 6.61 Å². The summed E-state index contributed by atoms with van der Waals surface area (Å²) in [6, 6.07) is 6.72. The van der Waals surface area contributed by atoms with E-state index in [1.165, 1.54) is 12.0 Å². The fraction of sp³-hybridized carbons (Fsp3) is 0.591. The number of hydrogen-bond acceptors (Lipinski definition) is 4. The van der Waals surface area contributed by atoms with Gasteiger partial charge in [0.25, 0.3) is 0 Å². The van der Waals surface area contributed by atoms with E-state index in [0.29, 0.717) is 37.5 Å². The maximum absolute atomic E-state index is 11.6. The summed E-state index contributed by atoms with van der Waals surface area (Å²) in [6.07, 6.45) is 2.98. The number of piperidine rings is 1. The number of benzene rings is 1. The number of rotatable bonds is 8. The molecule has 1 aliphatic carbocycles. The lowest BCUT2D eigenvalue weighted by Crippen LogP contribution is -2.38. The van der Waals surface area contributed by atoms with Gasteiger partial charge in [-0.2, -0.15) is 0 Å². The highest BCUT2D eigenvalue weighted by molar-refractivity contribution is 5.77. The molecule has 1 saturated carbocycles. The summed E-state index contributed by atoms with van der Waals surface area (Å²) in [6.45, 7) is 10.6. The van der Waals surface area contributed by atoms with Gasteiger partial charge in [0.1, 0.15) is 6.61 Å². The van der Waals surface area contributed by atoms with Crippen molar-refractivity contribution in [2.45, 2.75) is 45.7 Å². The molecular weight excluding hydrogens is 340 g/mol. The van der Waals surface area contributed by atoms with E-state index >= 15 is 0 Å². The Kier molecular flexibility index (Phi) is 6.42. The number of nitrogens with one attached hydrogen (secondary N) is 1. The van der Waals surface area contributed by atoms with E-state index < -0.39 is 0 Å². The van der Waals surface area contributed by atoms with Gasteiger partial charge in [-0.25, -0.2) is 0 Å². The van der Waals surface area contributed by atoms with Gasteiger partial charge in [0.15, 0.2) is 11.5 Å². The Balaban J connectivity index is 1.63. The van der Waals surface area contributed by atoms with Crippen LogP contribution in [0, 0.1) is 11.8 Å². The van der Waals surface area contributed by atoms with Crippen LogP contribution in [-0.4, -0.2) is 43.7 Å². The highest BCUT2D eigenvalue weighted by Gasteiger charge is 2.39. The molecule has 148 valence electrons. The van der Waals surface area contributed by atoms with Gasteiger partial charge in [-0.3, -0.25) is 9.69 Å². The Hall–Kier alpha value is -2.01. The van der Waals surface area contributed by atoms with Crippen molar-refractivity contribution in [3.8, 4) is 11.5 Å². The molecule has 1 heterocycles. The first-order valence-electron chi connectivity index (χ1n) is 9.96. The van der Waals surface area contributed by atoms with E-state index in [1.807, 2.05) is 19.9 Å². The van der Waals surface area contributed by atoms with Crippen LogP contribution in [0.1, 0.15) is 38.7 Å². The minimum absolute atomic E-state index is 0.214. The molecule has 2 fully saturated rings. The van der Waals surface area contributed by atoms with E-state index in [0.717, 1.165) is 36.6 Å². The third-order valence-corrected chi connectivity index (χ3v) is 5.66. The fourth-order valence-corrected chi connectivity index (χ4v) is 4.25. The molecule has 27 heavy (non-hydrogen) atoms. The first kappa shape index (κ1) is 19.7. The van der Waals surface area contributed by atoms with Gasteiger partial charge in [-0.1, -0.05) is 12.6 Å². The average molecular weight is 373 g/mol. The largest absolute Gasteiger partial charge is 0.490 e. The summed E-state index contributed by atoms with van der Waals surface area (Å²) >= 11 is 0. The minimum Gasteiger partial charge on any atom is -0.490 e. The second-order valence-electron chi connectivity index (χ2n) is 8.03. The third-order valence-electron chi connectivity index (χ3n) is 5.66. The van der Waals surface area contributed by atoms with Crippen LogP contribution < -0.4 is 14.8 Å². The van der Waals surface area contributed by atoms with Gasteiger partial charge in [-0.05, 0) is 68.8 Å². The second-order valence-corrected chi connectivity index (χ2v) is 8.03. The summed E-state index contributed by atoms with van der Waals surface area (Å²) in [5.41, 5.74) is 2.20. The topological polar surface area (TPSA) is 50.8 Å². The summed E-state index contributed by atoms with van der Waals surface area (Å²) < 4.78 is 11.6. The molecule has 0 aromatic heterocycles. The molecule has 0 bridgehead atoms. The number of carbonyl (C=O) groups excluding carboxylic acids is 1. The number of hydrogen-bond donors (Lipinski definition) is 1. The molecule has 1 amide bonds. The molecule has 2 aliphatic rings. The molecule has 5 nitrogen and oxygen atoms in total. The molecule has 1 aromatic carbocycles. The molecule has 0 spiro atoms. The lowest BCUT2D eigenvalue weighted by molar-refractivity contribution is -0.124. The summed E-state index contributed by atoms with van der Waals surface area (Å²) in [5.74, 6) is 2.95. The van der Waals surface area contributed by atoms with Crippen LogP contribution in [0.4, 0.5) is 0 Å². The molecule has 1 N–H and O–H groups in total. The zero-order chi connectivity index (χ0) is 19.4. The number of amides is 1. The molecule has 1 saturated heterocycles. The quantitative estimate of drug-likeness (QED) is 0.711. The van der Waals surface area contributed by atoms with E-state index in [4.69, 9.17) is 9.47 Å². The zero-order valence-corrected chi connectivity index (χ0v) is 16.8. The number of ether oxygens (including phenoxy) is 2. The van der Waals surface area contributed by atoms with Gasteiger partial charge in [0, 0.05) is 25.6 Å². The number of fused-ring (bicyclic) bond motifs is 1. The van der Waals surface area contributed by atoms with Crippen LogP contribution in [-0.2, 0) is 11.3 Å². The van der Waals surface area contributed by atoms with Crippen molar-refractivity contribution < 1.29 is 14.3 Å². The number of carbonyl (C=O) groups is 1. The molecule has 1 aromatic rings. The monoisotopic (exact) mass is 372 g/mol. The lowest BCUT2D eigenvalue weighted by Gasteiger charge is -2.25. The van der Waals surface area contributed by atoms with E-state index in [-0.39, 0.29) is 5.91 Å². The van der Waals surface area contributed by atoms with Crippen molar-refractivity contribution in [2.75, 3.05) is 26.8 Å². The van der Waals surface area contributed by atoms with Crippen LogP contribution in [0.15, 0.2) is 30.4 Å². The minimum atomic E-state index is 0.214. The molecule has 1 aliphatic heterocycles. The standard InChI is InChI=1S/C22H32N2O3/c1-5-26-21-8-16(6-7-20(21)27-14-15(2)3)13-24(4)19-9-17-11-22(25)23-12-18(17)10-19/h6-8,17-19H,2,5,9-14H2,1,3-4H3,(H,23,25)/t17-,18+,19-/m1/s1. The Morgan fingerprint density at radius 2 is 2.04 bits per heavy atom. The van der Waals surface area contributed by atoms with Crippen molar-refractivity contribution in [3.63, 3.8) is 0 Å². The maximum atomic E-state index is 11.6. The van der Waals surface area contributed by atoms with Crippen LogP contribution in [0.5, 0.6) is 11.5 Å². The van der Waals surface area contributed by atoms with E-state index in [2.05, 4.69) is 36.0 Å². The maximum Gasteiger partial charge on any atom is 0.220 e. The van der Waals surface area contributed by atoms with Crippen molar-refractivity contribution in [1.82, 2.24) is 10.2 Å². The normalized spacial score (nSPS) is 24.4. The predicted molar refractivity (Wildman–Crippen MR) is 107 cm³/mol. The summed E-state index contributed by atoms with van der Waals surface area (Å²) in [5, 5.41) is 3.02. The Bertz CT molecular complexity index is 688. The van der Waals surface area contributed by atoms with Gasteiger partial charge in [-0.15, -0.1) is 0 Å². The smallest absolute Gasteiger partial charge is 0.220 e. The van der Waals surface area contributed by atoms with E-state index in [1.54, 1.807) is 0 Å². The number of nitrogens with zero attached hydrogens (tertiary/aromatic N) is 1. The molecular formula is C22H32N2O3. The lowest BCUT2D eigenvalue weighted by atomic mass is 9.89. The van der Waals surface area contributed by atoms with Crippen molar-refractivity contribution in [3.05, 3.63) is 35.9 Å². The SMILES string of the molecule is C=C(C)COc1ccc(CN(C)[C@H]2C[C@H]3CNC(=O)C[C@H]3C2)cc1OCC. The Labute approximate surface area is 162 Å². The molecule has 3 atom stereocenters. The summed E-state index contributed by atoms with van der Waals surface area (Å²) in [4.78, 5) is 14.1. The van der Waals surface area contributed by atoms with Crippen LogP contribution in [0.2, 0.25) is 0 Å². The highest BCUT2D eigenvalue weighted by Crippen LogP contribution is 2.39. The van der Waals surface area contributed by atoms with Gasteiger partial charge < -0.3 is 14.8 Å². The van der Waals surface area contributed by atoms with Gasteiger partial charge >= 0.3 is 0 Å². The van der Waals surface area contributed by atoms with Gasteiger partial charge in [0.2, 0.25) is 5.91 Å². The van der Waals surface area contributed by atoms with Crippen molar-refractivity contribution in [1.29, 1.82) is 0 Å². The first-order chi connectivity index (χ1) is 13.0. The first-order valence-corrected chi connectivity index (χ1v) is 9.96. The fourth-order valence-electron chi connectivity index (χ4n) is 4.25. The average Bonchev–Trinajstić information content (AvgIpc) is 3.04. The molecule has 3 rings (SSSR count).